The van der Waals surface area contributed by atoms with E-state index in [-0.39, 0.29) is 10.7 Å². The van der Waals surface area contributed by atoms with Crippen molar-refractivity contribution in [3.63, 3.8) is 0 Å². The molecule has 1 saturated carbocycles. The van der Waals surface area contributed by atoms with Gasteiger partial charge in [0.05, 0.1) is 11.1 Å². The summed E-state index contributed by atoms with van der Waals surface area (Å²) in [5.41, 5.74) is 2.74. The maximum Gasteiger partial charge on any atom is 0.175 e. The first kappa shape index (κ1) is 17.0. The van der Waals surface area contributed by atoms with Crippen molar-refractivity contribution in [3.05, 3.63) is 65.7 Å². The average Bonchev–Trinajstić information content (AvgIpc) is 3.03. The quantitative estimate of drug-likeness (QED) is 0.743. The molecule has 0 bridgehead atoms. The second kappa shape index (κ2) is 6.36. The van der Waals surface area contributed by atoms with Gasteiger partial charge in [-0.2, -0.15) is 0 Å². The average molecular weight is 370 g/mol. The lowest BCUT2D eigenvalue weighted by Gasteiger charge is -2.24. The van der Waals surface area contributed by atoms with Gasteiger partial charge < -0.3 is 4.98 Å². The predicted octanol–water partition coefficient (Wildman–Crippen LogP) is 4.34. The summed E-state index contributed by atoms with van der Waals surface area (Å²) in [5.74, 6) is 0.0380. The molecule has 4 nitrogen and oxygen atoms in total. The molecule has 3 aromatic rings. The molecule has 0 aliphatic heterocycles. The Hall–Kier alpha value is -2.47. The zero-order chi connectivity index (χ0) is 18.3. The highest BCUT2D eigenvalue weighted by atomic mass is 32.2. The monoisotopic (exact) mass is 370 g/mol. The molecule has 0 unspecified atom stereocenters. The number of fused-ring (bicyclic) bond motifs is 1. The fraction of sp³-hybridized carbons (Fsp3) is 0.250. The molecule has 1 N–H and O–H groups in total. The molecule has 2 heterocycles. The second-order valence-corrected chi connectivity index (χ2v) is 8.80. The lowest BCUT2D eigenvalue weighted by atomic mass is 9.81. The van der Waals surface area contributed by atoms with E-state index in [9.17, 15) is 12.8 Å². The Morgan fingerprint density at radius 3 is 2.58 bits per heavy atom. The van der Waals surface area contributed by atoms with Crippen LogP contribution in [0.25, 0.3) is 16.6 Å². The zero-order valence-electron chi connectivity index (χ0n) is 14.4. The van der Waals surface area contributed by atoms with E-state index in [0.717, 1.165) is 29.4 Å². The summed E-state index contributed by atoms with van der Waals surface area (Å²) >= 11 is 0. The van der Waals surface area contributed by atoms with E-state index in [4.69, 9.17) is 0 Å². The number of rotatable bonds is 4. The van der Waals surface area contributed by atoms with Crippen molar-refractivity contribution >= 4 is 26.4 Å². The normalized spacial score (nSPS) is 16.0. The van der Waals surface area contributed by atoms with Gasteiger partial charge in [-0.25, -0.2) is 17.8 Å². The molecule has 1 fully saturated rings. The van der Waals surface area contributed by atoms with E-state index in [0.29, 0.717) is 17.1 Å². The number of halogens is 1. The molecule has 4 rings (SSSR count). The van der Waals surface area contributed by atoms with Crippen molar-refractivity contribution in [3.8, 4) is 0 Å². The number of nitrogens with one attached hydrogen (secondary N) is 1. The SMILES string of the molecule is CS(=O)(=O)c1ccc(C(=CC2CCC2)c2c(F)cnc3[nH]ccc23)cc1. The molecule has 0 atom stereocenters. The molecule has 1 aliphatic carbocycles. The predicted molar refractivity (Wildman–Crippen MR) is 100 cm³/mol. The highest BCUT2D eigenvalue weighted by molar-refractivity contribution is 7.90. The van der Waals surface area contributed by atoms with Crippen molar-refractivity contribution in [1.29, 1.82) is 0 Å². The first-order chi connectivity index (χ1) is 12.4. The van der Waals surface area contributed by atoms with Gasteiger partial charge in [-0.05, 0) is 48.1 Å². The number of nitrogens with zero attached hydrogens (tertiary/aromatic N) is 1. The van der Waals surface area contributed by atoms with Gasteiger partial charge in [0.15, 0.2) is 9.84 Å². The van der Waals surface area contributed by atoms with Gasteiger partial charge in [-0.3, -0.25) is 0 Å². The highest BCUT2D eigenvalue weighted by Gasteiger charge is 2.21. The van der Waals surface area contributed by atoms with Crippen LogP contribution in [0, 0.1) is 11.7 Å². The van der Waals surface area contributed by atoms with Gasteiger partial charge >= 0.3 is 0 Å². The minimum atomic E-state index is -3.27. The van der Waals surface area contributed by atoms with E-state index < -0.39 is 9.84 Å². The third kappa shape index (κ3) is 3.05. The lowest BCUT2D eigenvalue weighted by molar-refractivity contribution is 0.388. The van der Waals surface area contributed by atoms with Crippen molar-refractivity contribution in [2.24, 2.45) is 5.92 Å². The van der Waals surface area contributed by atoms with E-state index in [2.05, 4.69) is 16.0 Å². The van der Waals surface area contributed by atoms with Crippen molar-refractivity contribution in [2.75, 3.05) is 6.26 Å². The minimum Gasteiger partial charge on any atom is -0.346 e. The van der Waals surface area contributed by atoms with Crippen molar-refractivity contribution < 1.29 is 12.8 Å². The second-order valence-electron chi connectivity index (χ2n) is 6.79. The summed E-state index contributed by atoms with van der Waals surface area (Å²) in [4.78, 5) is 7.38. The van der Waals surface area contributed by atoms with Crippen LogP contribution < -0.4 is 0 Å². The number of aromatic amines is 1. The molecule has 134 valence electrons. The third-order valence-electron chi connectivity index (χ3n) is 4.96. The molecular weight excluding hydrogens is 351 g/mol. The smallest absolute Gasteiger partial charge is 0.175 e. The first-order valence-electron chi connectivity index (χ1n) is 8.58. The molecule has 0 amide bonds. The Balaban J connectivity index is 1.89. The molecule has 1 aliphatic rings. The molecule has 0 spiro atoms. The Morgan fingerprint density at radius 1 is 1.23 bits per heavy atom. The summed E-state index contributed by atoms with van der Waals surface area (Å²) in [5, 5.41) is 0.725. The van der Waals surface area contributed by atoms with Gasteiger partial charge in [0, 0.05) is 23.4 Å². The molecular formula is C20H19FN2O2S. The van der Waals surface area contributed by atoms with Crippen LogP contribution in [0.4, 0.5) is 4.39 Å². The van der Waals surface area contributed by atoms with Crippen LogP contribution in [0.2, 0.25) is 0 Å². The van der Waals surface area contributed by atoms with E-state index in [1.807, 2.05) is 6.07 Å². The molecule has 0 radical (unpaired) electrons. The van der Waals surface area contributed by atoms with E-state index in [1.165, 1.54) is 18.9 Å². The molecule has 2 aromatic heterocycles. The highest BCUT2D eigenvalue weighted by Crippen LogP contribution is 2.36. The van der Waals surface area contributed by atoms with Gasteiger partial charge in [0.25, 0.3) is 0 Å². The largest absolute Gasteiger partial charge is 0.346 e. The van der Waals surface area contributed by atoms with E-state index >= 15 is 0 Å². The zero-order valence-corrected chi connectivity index (χ0v) is 15.2. The number of benzene rings is 1. The Morgan fingerprint density at radius 2 is 1.96 bits per heavy atom. The Labute approximate surface area is 151 Å². The van der Waals surface area contributed by atoms with E-state index in [1.54, 1.807) is 30.5 Å². The van der Waals surface area contributed by atoms with Crippen LogP contribution >= 0.6 is 0 Å². The fourth-order valence-electron chi connectivity index (χ4n) is 3.31. The van der Waals surface area contributed by atoms with Gasteiger partial charge in [-0.1, -0.05) is 24.6 Å². The Kier molecular flexibility index (Phi) is 4.15. The summed E-state index contributed by atoms with van der Waals surface area (Å²) in [6, 6.07) is 8.47. The number of hydrogen-bond donors (Lipinski definition) is 1. The summed E-state index contributed by atoms with van der Waals surface area (Å²) in [6.45, 7) is 0. The standard InChI is InChI=1S/C20H19FN2O2S/c1-26(24,25)15-7-5-14(6-8-15)17(11-13-3-2-4-13)19-16-9-10-22-20(16)23-12-18(19)21/h5-13H,2-4H2,1H3,(H,22,23). The summed E-state index contributed by atoms with van der Waals surface area (Å²) in [7, 11) is -3.27. The fourth-order valence-corrected chi connectivity index (χ4v) is 3.94. The summed E-state index contributed by atoms with van der Waals surface area (Å²) < 4.78 is 38.2. The van der Waals surface area contributed by atoms with Crippen molar-refractivity contribution in [2.45, 2.75) is 24.2 Å². The molecule has 1 aromatic carbocycles. The van der Waals surface area contributed by atoms with Crippen LogP contribution in [0.1, 0.15) is 30.4 Å². The maximum absolute atomic E-state index is 14.8. The maximum atomic E-state index is 14.8. The number of H-pyrrole nitrogens is 1. The topological polar surface area (TPSA) is 62.8 Å². The first-order valence-corrected chi connectivity index (χ1v) is 10.5. The van der Waals surface area contributed by atoms with Crippen LogP contribution in [0.5, 0.6) is 0 Å². The van der Waals surface area contributed by atoms with Gasteiger partial charge in [-0.15, -0.1) is 0 Å². The molecule has 26 heavy (non-hydrogen) atoms. The number of sulfone groups is 1. The minimum absolute atomic E-state index is 0.256. The summed E-state index contributed by atoms with van der Waals surface area (Å²) in [6.07, 6.45) is 9.63. The number of hydrogen-bond acceptors (Lipinski definition) is 3. The van der Waals surface area contributed by atoms with Gasteiger partial charge in [0.2, 0.25) is 0 Å². The Bertz CT molecular complexity index is 1090. The third-order valence-corrected chi connectivity index (χ3v) is 6.08. The van der Waals surface area contributed by atoms with Crippen LogP contribution in [0.15, 0.2) is 53.7 Å². The van der Waals surface area contributed by atoms with Crippen LogP contribution in [-0.4, -0.2) is 24.6 Å². The number of pyridine rings is 1. The van der Waals surface area contributed by atoms with Crippen molar-refractivity contribution in [1.82, 2.24) is 9.97 Å². The lowest BCUT2D eigenvalue weighted by Crippen LogP contribution is -2.09. The molecule has 6 heteroatoms. The van der Waals surface area contributed by atoms with Crippen LogP contribution in [-0.2, 0) is 9.84 Å². The number of aromatic nitrogens is 2. The number of allylic oxidation sites excluding steroid dienone is 1. The van der Waals surface area contributed by atoms with Gasteiger partial charge in [0.1, 0.15) is 11.5 Å². The van der Waals surface area contributed by atoms with Crippen LogP contribution in [0.3, 0.4) is 0 Å². The molecule has 0 saturated heterocycles.